The minimum absolute atomic E-state index is 0.221. The lowest BCUT2D eigenvalue weighted by Crippen LogP contribution is -2.43. The van der Waals surface area contributed by atoms with Gasteiger partial charge in [-0.05, 0) is 51.1 Å². The lowest BCUT2D eigenvalue weighted by Gasteiger charge is -2.21. The second-order valence-corrected chi connectivity index (χ2v) is 11.3. The van der Waals surface area contributed by atoms with Crippen LogP contribution in [0.5, 0.6) is 11.5 Å². The van der Waals surface area contributed by atoms with Gasteiger partial charge in [-0.1, -0.05) is 29.3 Å². The number of pyridine rings is 1. The van der Waals surface area contributed by atoms with Gasteiger partial charge < -0.3 is 25.0 Å². The van der Waals surface area contributed by atoms with E-state index < -0.39 is 17.9 Å². The number of amides is 3. The molecular formula is C28H27Cl2N7O4. The van der Waals surface area contributed by atoms with Crippen LogP contribution in [0.1, 0.15) is 20.8 Å². The van der Waals surface area contributed by atoms with Crippen molar-refractivity contribution in [1.29, 1.82) is 0 Å². The van der Waals surface area contributed by atoms with E-state index >= 15 is 0 Å². The number of halogens is 2. The molecule has 13 heteroatoms. The minimum atomic E-state index is -1.04. The largest absolute Gasteiger partial charge is 0.442 e. The molecule has 212 valence electrons. The molecule has 5 rings (SSSR count). The molecule has 1 unspecified atom stereocenters. The quantitative estimate of drug-likeness (QED) is 0.262. The van der Waals surface area contributed by atoms with E-state index in [0.29, 0.717) is 49.4 Å². The van der Waals surface area contributed by atoms with Crippen molar-refractivity contribution in [3.63, 3.8) is 0 Å². The molecule has 0 spiro atoms. The number of likely N-dealkylation sites (N-methyl/N-ethyl adjacent to an activating group) is 1. The van der Waals surface area contributed by atoms with Crippen molar-refractivity contribution >= 4 is 63.6 Å². The highest BCUT2D eigenvalue weighted by atomic mass is 35.5. The Morgan fingerprint density at radius 1 is 0.976 bits per heavy atom. The Hall–Kier alpha value is -4.35. The van der Waals surface area contributed by atoms with Crippen LogP contribution in [0, 0.1) is 0 Å². The summed E-state index contributed by atoms with van der Waals surface area (Å²) in [7, 11) is 3.25. The molecule has 41 heavy (non-hydrogen) atoms. The highest BCUT2D eigenvalue weighted by Gasteiger charge is 2.32. The number of ether oxygens (including phenoxy) is 2. The first-order valence-electron chi connectivity index (χ1n) is 12.5. The van der Waals surface area contributed by atoms with E-state index in [-0.39, 0.29) is 17.7 Å². The fraction of sp³-hybridized carbons (Fsp3) is 0.250. The van der Waals surface area contributed by atoms with Gasteiger partial charge in [0.05, 0.1) is 10.0 Å². The average Bonchev–Trinajstić information content (AvgIpc) is 3.30. The molecule has 2 aromatic carbocycles. The molecule has 0 fully saturated rings. The molecule has 0 radical (unpaired) electrons. The van der Waals surface area contributed by atoms with Gasteiger partial charge in [0.25, 0.3) is 0 Å². The van der Waals surface area contributed by atoms with Gasteiger partial charge in [0.1, 0.15) is 5.82 Å². The Morgan fingerprint density at radius 3 is 2.37 bits per heavy atom. The van der Waals surface area contributed by atoms with Gasteiger partial charge in [-0.2, -0.15) is 4.98 Å². The van der Waals surface area contributed by atoms with Crippen LogP contribution in [0.3, 0.4) is 0 Å². The summed E-state index contributed by atoms with van der Waals surface area (Å²) in [4.78, 5) is 40.0. The second-order valence-electron chi connectivity index (χ2n) is 10.5. The molecule has 2 aromatic heterocycles. The second kappa shape index (κ2) is 10.9. The van der Waals surface area contributed by atoms with Gasteiger partial charge >= 0.3 is 18.2 Å². The number of aromatic nitrogens is 3. The number of rotatable bonds is 5. The van der Waals surface area contributed by atoms with Crippen LogP contribution in [0.4, 0.5) is 22.2 Å². The Kier molecular flexibility index (Phi) is 7.50. The summed E-state index contributed by atoms with van der Waals surface area (Å²) in [6, 6.07) is 11.6. The van der Waals surface area contributed by atoms with Crippen LogP contribution in [0.2, 0.25) is 10.0 Å². The van der Waals surface area contributed by atoms with Crippen molar-refractivity contribution in [2.24, 2.45) is 0 Å². The van der Waals surface area contributed by atoms with Crippen LogP contribution in [0.25, 0.3) is 22.2 Å². The summed E-state index contributed by atoms with van der Waals surface area (Å²) in [5, 5.41) is 10.2. The molecule has 4 aromatic rings. The van der Waals surface area contributed by atoms with E-state index in [0.717, 1.165) is 0 Å². The van der Waals surface area contributed by atoms with Crippen LogP contribution in [0.15, 0.2) is 48.7 Å². The van der Waals surface area contributed by atoms with Crippen molar-refractivity contribution < 1.29 is 19.1 Å². The third kappa shape index (κ3) is 6.21. The molecule has 0 saturated carbocycles. The van der Waals surface area contributed by atoms with Gasteiger partial charge in [-0.25, -0.2) is 14.8 Å². The molecule has 11 nitrogen and oxygen atoms in total. The summed E-state index contributed by atoms with van der Waals surface area (Å²) in [5.41, 5.74) is 1.47. The molecule has 1 aliphatic heterocycles. The number of anilines is 3. The topological polar surface area (TPSA) is 131 Å². The van der Waals surface area contributed by atoms with E-state index in [1.165, 1.54) is 4.90 Å². The maximum Gasteiger partial charge on any atom is 0.321 e. The summed E-state index contributed by atoms with van der Waals surface area (Å²) >= 11 is 13.0. The first-order valence-corrected chi connectivity index (χ1v) is 13.3. The first-order chi connectivity index (χ1) is 19.4. The third-order valence-corrected chi connectivity index (χ3v) is 6.46. The highest BCUT2D eigenvalue weighted by molar-refractivity contribution is 6.39. The van der Waals surface area contributed by atoms with Crippen molar-refractivity contribution in [3.05, 3.63) is 58.7 Å². The number of urea groups is 1. The fourth-order valence-corrected chi connectivity index (χ4v) is 4.62. The Morgan fingerprint density at radius 2 is 1.68 bits per heavy atom. The lowest BCUT2D eigenvalue weighted by atomic mass is 10.0. The van der Waals surface area contributed by atoms with Crippen molar-refractivity contribution in [2.45, 2.75) is 32.6 Å². The first kappa shape index (κ1) is 28.2. The van der Waals surface area contributed by atoms with Gasteiger partial charge in [0, 0.05) is 54.1 Å². The number of nitrogens with one attached hydrogen (secondary N) is 3. The van der Waals surface area contributed by atoms with Gasteiger partial charge in [0.15, 0.2) is 17.1 Å². The standard InChI is InChI=1S/C28H27Cl2N7O4/c1-28(2,3)36-27(39)35-23-16(21-17(29)7-6-8-18(21)30)11-14-13-31-26(34-22(14)33-23)32-15-9-10-19-20(12-15)41-25(40-19)24(38)37(4)5/h6-13,25H,1-5H3,(H3,31,32,33,34,35,36,39). The Labute approximate surface area is 246 Å². The van der Waals surface area contributed by atoms with Crippen LogP contribution in [-0.4, -0.2) is 57.7 Å². The molecule has 1 atom stereocenters. The number of hydrogen-bond donors (Lipinski definition) is 3. The third-order valence-electron chi connectivity index (χ3n) is 5.83. The molecule has 0 aliphatic carbocycles. The maximum absolute atomic E-state index is 12.8. The van der Waals surface area contributed by atoms with E-state index in [4.69, 9.17) is 32.7 Å². The van der Waals surface area contributed by atoms with E-state index in [9.17, 15) is 9.59 Å². The van der Waals surface area contributed by atoms with Crippen molar-refractivity contribution in [1.82, 2.24) is 25.2 Å². The number of benzene rings is 2. The average molecular weight is 596 g/mol. The molecule has 0 bridgehead atoms. The monoisotopic (exact) mass is 595 g/mol. The maximum atomic E-state index is 12.8. The normalized spacial score (nSPS) is 14.1. The summed E-state index contributed by atoms with van der Waals surface area (Å²) < 4.78 is 11.3. The highest BCUT2D eigenvalue weighted by Crippen LogP contribution is 2.40. The van der Waals surface area contributed by atoms with Crippen molar-refractivity contribution in [2.75, 3.05) is 24.7 Å². The Balaban J connectivity index is 1.48. The zero-order chi connectivity index (χ0) is 29.5. The summed E-state index contributed by atoms with van der Waals surface area (Å²) in [6.07, 6.45) is 0.558. The van der Waals surface area contributed by atoms with E-state index in [2.05, 4.69) is 30.9 Å². The smallest absolute Gasteiger partial charge is 0.321 e. The predicted octanol–water partition coefficient (Wildman–Crippen LogP) is 5.85. The van der Waals surface area contributed by atoms with Gasteiger partial charge in [-0.15, -0.1) is 0 Å². The predicted molar refractivity (Wildman–Crippen MR) is 158 cm³/mol. The summed E-state index contributed by atoms with van der Waals surface area (Å²) in [6.45, 7) is 5.61. The number of fused-ring (bicyclic) bond motifs is 2. The number of carbonyl (C=O) groups is 2. The molecule has 3 N–H and O–H groups in total. The summed E-state index contributed by atoms with van der Waals surface area (Å²) in [5.74, 6) is 1.02. The minimum Gasteiger partial charge on any atom is -0.442 e. The molecule has 3 amide bonds. The van der Waals surface area contributed by atoms with Crippen molar-refractivity contribution in [3.8, 4) is 22.6 Å². The van der Waals surface area contributed by atoms with Crippen LogP contribution < -0.4 is 25.4 Å². The fourth-order valence-electron chi connectivity index (χ4n) is 4.01. The molecule has 0 saturated heterocycles. The lowest BCUT2D eigenvalue weighted by molar-refractivity contribution is -0.145. The molecule has 1 aliphatic rings. The number of hydrogen-bond acceptors (Lipinski definition) is 8. The van der Waals surface area contributed by atoms with Gasteiger partial charge in [0.2, 0.25) is 5.95 Å². The SMILES string of the molecule is CN(C)C(=O)C1Oc2ccc(Nc3ncc4cc(-c5c(Cl)cccc5Cl)c(NC(=O)NC(C)(C)C)nc4n3)cc2O1. The molecule has 3 heterocycles. The van der Waals surface area contributed by atoms with Gasteiger partial charge in [-0.3, -0.25) is 10.1 Å². The number of carbonyl (C=O) groups excluding carboxylic acids is 2. The zero-order valence-corrected chi connectivity index (χ0v) is 24.4. The molecular weight excluding hydrogens is 569 g/mol. The Bertz CT molecular complexity index is 1650. The van der Waals surface area contributed by atoms with E-state index in [1.54, 1.807) is 62.8 Å². The van der Waals surface area contributed by atoms with E-state index in [1.807, 2.05) is 20.8 Å². The zero-order valence-electron chi connectivity index (χ0n) is 22.9. The van der Waals surface area contributed by atoms with Crippen LogP contribution >= 0.6 is 23.2 Å². The van der Waals surface area contributed by atoms with Crippen LogP contribution in [-0.2, 0) is 4.79 Å². The number of nitrogens with zero attached hydrogens (tertiary/aromatic N) is 4.